The summed E-state index contributed by atoms with van der Waals surface area (Å²) in [5.41, 5.74) is 0. The Morgan fingerprint density at radius 1 is 1.67 bits per heavy atom. The summed E-state index contributed by atoms with van der Waals surface area (Å²) in [6.07, 6.45) is 2.82. The summed E-state index contributed by atoms with van der Waals surface area (Å²) in [7, 11) is 0. The standard InChI is InChI=1S/C7H14O2/c1-2-8-5-3-7-4-6-9-7/h7H,2-6H2,1H3. The third-order valence-electron chi connectivity index (χ3n) is 1.58. The minimum Gasteiger partial charge on any atom is -0.382 e. The van der Waals surface area contributed by atoms with E-state index >= 15 is 0 Å². The molecule has 1 atom stereocenters. The first-order valence-corrected chi connectivity index (χ1v) is 3.63. The van der Waals surface area contributed by atoms with Crippen molar-refractivity contribution in [2.45, 2.75) is 25.9 Å². The molecule has 1 aliphatic rings. The van der Waals surface area contributed by atoms with Crippen LogP contribution in [0.3, 0.4) is 0 Å². The van der Waals surface area contributed by atoms with Gasteiger partial charge in [-0.25, -0.2) is 0 Å². The molecule has 0 spiro atoms. The van der Waals surface area contributed by atoms with Crippen molar-refractivity contribution < 1.29 is 9.47 Å². The van der Waals surface area contributed by atoms with Gasteiger partial charge in [-0.15, -0.1) is 0 Å². The van der Waals surface area contributed by atoms with Crippen LogP contribution in [0.4, 0.5) is 0 Å². The zero-order valence-electron chi connectivity index (χ0n) is 5.93. The molecule has 1 unspecified atom stereocenters. The number of hydrogen-bond acceptors (Lipinski definition) is 2. The van der Waals surface area contributed by atoms with E-state index in [1.165, 1.54) is 6.42 Å². The Hall–Kier alpha value is -0.0800. The topological polar surface area (TPSA) is 18.5 Å². The summed E-state index contributed by atoms with van der Waals surface area (Å²) in [6.45, 7) is 4.66. The molecule has 0 aliphatic carbocycles. The molecule has 1 heterocycles. The van der Waals surface area contributed by atoms with Gasteiger partial charge in [0.05, 0.1) is 6.10 Å². The molecule has 0 radical (unpaired) electrons. The Morgan fingerprint density at radius 3 is 2.89 bits per heavy atom. The minimum absolute atomic E-state index is 0.511. The van der Waals surface area contributed by atoms with Crippen LogP contribution >= 0.6 is 0 Å². The van der Waals surface area contributed by atoms with Crippen molar-refractivity contribution in [2.24, 2.45) is 0 Å². The van der Waals surface area contributed by atoms with Gasteiger partial charge in [-0.2, -0.15) is 0 Å². The van der Waals surface area contributed by atoms with Crippen molar-refractivity contribution in [3.05, 3.63) is 0 Å². The third-order valence-corrected chi connectivity index (χ3v) is 1.58. The number of ether oxygens (including phenoxy) is 2. The Labute approximate surface area is 56.2 Å². The Bertz CT molecular complexity index is 69.3. The highest BCUT2D eigenvalue weighted by Crippen LogP contribution is 2.13. The van der Waals surface area contributed by atoms with E-state index in [9.17, 15) is 0 Å². The molecule has 0 N–H and O–H groups in total. The van der Waals surface area contributed by atoms with Crippen LogP contribution in [0.25, 0.3) is 0 Å². The van der Waals surface area contributed by atoms with Gasteiger partial charge in [0.1, 0.15) is 0 Å². The van der Waals surface area contributed by atoms with Gasteiger partial charge in [-0.3, -0.25) is 0 Å². The molecule has 0 saturated carbocycles. The molecule has 54 valence electrons. The monoisotopic (exact) mass is 130 g/mol. The highest BCUT2D eigenvalue weighted by Gasteiger charge is 2.16. The highest BCUT2D eigenvalue weighted by atomic mass is 16.5. The second kappa shape index (κ2) is 3.85. The maximum absolute atomic E-state index is 5.20. The van der Waals surface area contributed by atoms with Crippen molar-refractivity contribution in [1.82, 2.24) is 0 Å². The molecular formula is C7H14O2. The molecule has 1 aliphatic heterocycles. The lowest BCUT2D eigenvalue weighted by Crippen LogP contribution is -2.27. The Morgan fingerprint density at radius 2 is 2.44 bits per heavy atom. The summed E-state index contributed by atoms with van der Waals surface area (Å²) < 4.78 is 10.4. The van der Waals surface area contributed by atoms with Gasteiger partial charge in [0.15, 0.2) is 0 Å². The van der Waals surface area contributed by atoms with Gasteiger partial charge in [0, 0.05) is 19.8 Å². The van der Waals surface area contributed by atoms with Crippen molar-refractivity contribution >= 4 is 0 Å². The first kappa shape index (κ1) is 7.03. The smallest absolute Gasteiger partial charge is 0.0619 e. The van der Waals surface area contributed by atoms with Crippen molar-refractivity contribution in [1.29, 1.82) is 0 Å². The molecule has 2 heteroatoms. The first-order chi connectivity index (χ1) is 4.43. The normalized spacial score (nSPS) is 25.7. The molecule has 0 bridgehead atoms. The average molecular weight is 130 g/mol. The van der Waals surface area contributed by atoms with Crippen LogP contribution in [0.15, 0.2) is 0 Å². The Balaban J connectivity index is 1.80. The van der Waals surface area contributed by atoms with Gasteiger partial charge >= 0.3 is 0 Å². The summed E-state index contributed by atoms with van der Waals surface area (Å²) in [4.78, 5) is 0. The quantitative estimate of drug-likeness (QED) is 0.532. The van der Waals surface area contributed by atoms with Gasteiger partial charge in [-0.1, -0.05) is 0 Å². The number of hydrogen-bond donors (Lipinski definition) is 0. The van der Waals surface area contributed by atoms with E-state index in [0.717, 1.165) is 26.2 Å². The van der Waals surface area contributed by atoms with Crippen molar-refractivity contribution in [2.75, 3.05) is 19.8 Å². The number of rotatable bonds is 4. The summed E-state index contributed by atoms with van der Waals surface area (Å²) in [6, 6.07) is 0. The molecule has 0 aromatic rings. The largest absolute Gasteiger partial charge is 0.382 e. The molecule has 0 amide bonds. The Kier molecular flexibility index (Phi) is 3.01. The second-order valence-corrected chi connectivity index (χ2v) is 2.27. The van der Waals surface area contributed by atoms with Crippen LogP contribution in [0.1, 0.15) is 19.8 Å². The van der Waals surface area contributed by atoms with E-state index in [4.69, 9.17) is 9.47 Å². The molecule has 0 aromatic carbocycles. The van der Waals surface area contributed by atoms with Crippen LogP contribution in [-0.4, -0.2) is 25.9 Å². The molecule has 1 saturated heterocycles. The van der Waals surface area contributed by atoms with Crippen LogP contribution in [0.2, 0.25) is 0 Å². The molecule has 2 nitrogen and oxygen atoms in total. The highest BCUT2D eigenvalue weighted by molar-refractivity contribution is 4.65. The van der Waals surface area contributed by atoms with E-state index in [1.54, 1.807) is 0 Å². The van der Waals surface area contributed by atoms with Gasteiger partial charge < -0.3 is 9.47 Å². The SMILES string of the molecule is CCOCCC1CCO1. The summed E-state index contributed by atoms with van der Waals surface area (Å²) in [5.74, 6) is 0. The lowest BCUT2D eigenvalue weighted by Gasteiger charge is -2.25. The zero-order valence-corrected chi connectivity index (χ0v) is 5.93. The fourth-order valence-electron chi connectivity index (χ4n) is 0.871. The third kappa shape index (κ3) is 2.33. The molecule has 1 fully saturated rings. The lowest BCUT2D eigenvalue weighted by atomic mass is 10.1. The van der Waals surface area contributed by atoms with Crippen molar-refractivity contribution in [3.63, 3.8) is 0 Å². The fraction of sp³-hybridized carbons (Fsp3) is 1.00. The molecule has 1 rings (SSSR count). The van der Waals surface area contributed by atoms with Gasteiger partial charge in [0.2, 0.25) is 0 Å². The molecule has 0 aromatic heterocycles. The fourth-order valence-corrected chi connectivity index (χ4v) is 0.871. The average Bonchev–Trinajstić information content (AvgIpc) is 1.76. The first-order valence-electron chi connectivity index (χ1n) is 3.63. The van der Waals surface area contributed by atoms with Gasteiger partial charge in [-0.05, 0) is 19.8 Å². The summed E-state index contributed by atoms with van der Waals surface area (Å²) >= 11 is 0. The van der Waals surface area contributed by atoms with E-state index in [1.807, 2.05) is 6.92 Å². The van der Waals surface area contributed by atoms with E-state index in [0.29, 0.717) is 6.10 Å². The van der Waals surface area contributed by atoms with Crippen LogP contribution in [0.5, 0.6) is 0 Å². The molecule has 9 heavy (non-hydrogen) atoms. The lowest BCUT2D eigenvalue weighted by molar-refractivity contribution is -0.0658. The molecular weight excluding hydrogens is 116 g/mol. The maximum atomic E-state index is 5.20. The van der Waals surface area contributed by atoms with Crippen LogP contribution < -0.4 is 0 Å². The van der Waals surface area contributed by atoms with Crippen LogP contribution in [-0.2, 0) is 9.47 Å². The maximum Gasteiger partial charge on any atom is 0.0619 e. The zero-order chi connectivity index (χ0) is 6.53. The van der Waals surface area contributed by atoms with E-state index in [-0.39, 0.29) is 0 Å². The second-order valence-electron chi connectivity index (χ2n) is 2.27. The van der Waals surface area contributed by atoms with E-state index < -0.39 is 0 Å². The predicted molar refractivity (Wildman–Crippen MR) is 35.5 cm³/mol. The van der Waals surface area contributed by atoms with Crippen molar-refractivity contribution in [3.8, 4) is 0 Å². The van der Waals surface area contributed by atoms with Crippen LogP contribution in [0, 0.1) is 0 Å². The summed E-state index contributed by atoms with van der Waals surface area (Å²) in [5, 5.41) is 0. The minimum atomic E-state index is 0.511. The van der Waals surface area contributed by atoms with Gasteiger partial charge in [0.25, 0.3) is 0 Å². The van der Waals surface area contributed by atoms with E-state index in [2.05, 4.69) is 0 Å². The predicted octanol–water partition coefficient (Wildman–Crippen LogP) is 1.20.